The minimum Gasteiger partial charge on any atom is -0.392 e. The SMILES string of the molecule is COCCCN(C)c1ccc(CO)cc1C#N. The van der Waals surface area contributed by atoms with Crippen molar-refractivity contribution in [1.82, 2.24) is 0 Å². The van der Waals surface area contributed by atoms with Gasteiger partial charge in [0.05, 0.1) is 17.9 Å². The summed E-state index contributed by atoms with van der Waals surface area (Å²) in [5.74, 6) is 0. The summed E-state index contributed by atoms with van der Waals surface area (Å²) in [6.07, 6.45) is 0.916. The smallest absolute Gasteiger partial charge is 0.101 e. The van der Waals surface area contributed by atoms with E-state index >= 15 is 0 Å². The number of aliphatic hydroxyl groups excluding tert-OH is 1. The lowest BCUT2D eigenvalue weighted by molar-refractivity contribution is 0.196. The highest BCUT2D eigenvalue weighted by Crippen LogP contribution is 2.20. The summed E-state index contributed by atoms with van der Waals surface area (Å²) in [6.45, 7) is 1.50. The van der Waals surface area contributed by atoms with Crippen LogP contribution < -0.4 is 4.90 Å². The zero-order chi connectivity index (χ0) is 12.7. The van der Waals surface area contributed by atoms with Crippen molar-refractivity contribution >= 4 is 5.69 Å². The largest absolute Gasteiger partial charge is 0.392 e. The highest BCUT2D eigenvalue weighted by molar-refractivity contribution is 5.60. The first-order chi connectivity index (χ1) is 8.22. The van der Waals surface area contributed by atoms with Gasteiger partial charge in [-0.15, -0.1) is 0 Å². The van der Waals surface area contributed by atoms with Crippen LogP contribution in [-0.2, 0) is 11.3 Å². The summed E-state index contributed by atoms with van der Waals surface area (Å²) in [6, 6.07) is 7.59. The highest BCUT2D eigenvalue weighted by Gasteiger charge is 2.07. The Bertz CT molecular complexity index is 399. The fraction of sp³-hybridized carbons (Fsp3) is 0.462. The van der Waals surface area contributed by atoms with Crippen molar-refractivity contribution in [3.8, 4) is 6.07 Å². The molecule has 0 unspecified atom stereocenters. The van der Waals surface area contributed by atoms with Gasteiger partial charge in [0, 0.05) is 27.3 Å². The van der Waals surface area contributed by atoms with Crippen molar-refractivity contribution in [2.24, 2.45) is 0 Å². The Kier molecular flexibility index (Phi) is 5.47. The van der Waals surface area contributed by atoms with Crippen LogP contribution in [0.25, 0.3) is 0 Å². The Labute approximate surface area is 102 Å². The molecule has 0 fully saturated rings. The molecule has 0 bridgehead atoms. The monoisotopic (exact) mass is 234 g/mol. The van der Waals surface area contributed by atoms with Crippen LogP contribution in [0.15, 0.2) is 18.2 Å². The van der Waals surface area contributed by atoms with Gasteiger partial charge in [-0.05, 0) is 24.1 Å². The maximum Gasteiger partial charge on any atom is 0.101 e. The van der Waals surface area contributed by atoms with Crippen molar-refractivity contribution in [1.29, 1.82) is 5.26 Å². The number of benzene rings is 1. The topological polar surface area (TPSA) is 56.5 Å². The van der Waals surface area contributed by atoms with E-state index in [4.69, 9.17) is 15.1 Å². The maximum absolute atomic E-state index is 9.08. The molecule has 0 amide bonds. The normalized spacial score (nSPS) is 10.0. The van der Waals surface area contributed by atoms with E-state index in [9.17, 15) is 0 Å². The molecule has 4 heteroatoms. The van der Waals surface area contributed by atoms with Gasteiger partial charge < -0.3 is 14.7 Å². The van der Waals surface area contributed by atoms with E-state index in [1.165, 1.54) is 0 Å². The molecular formula is C13H18N2O2. The number of nitriles is 1. The molecule has 0 spiro atoms. The number of nitrogens with zero attached hydrogens (tertiary/aromatic N) is 2. The lowest BCUT2D eigenvalue weighted by Crippen LogP contribution is -2.20. The van der Waals surface area contributed by atoms with Crippen LogP contribution in [0.2, 0.25) is 0 Å². The predicted octanol–water partition coefficient (Wildman–Crippen LogP) is 1.52. The van der Waals surface area contributed by atoms with Crippen molar-refractivity contribution < 1.29 is 9.84 Å². The van der Waals surface area contributed by atoms with Gasteiger partial charge in [0.25, 0.3) is 0 Å². The quantitative estimate of drug-likeness (QED) is 0.758. The number of aliphatic hydroxyl groups is 1. The molecule has 17 heavy (non-hydrogen) atoms. The number of methoxy groups -OCH3 is 1. The van der Waals surface area contributed by atoms with Gasteiger partial charge in [-0.2, -0.15) is 5.26 Å². The zero-order valence-corrected chi connectivity index (χ0v) is 10.3. The molecule has 1 aromatic carbocycles. The van der Waals surface area contributed by atoms with Gasteiger partial charge in [-0.3, -0.25) is 0 Å². The number of anilines is 1. The van der Waals surface area contributed by atoms with Crippen molar-refractivity contribution in [2.75, 3.05) is 32.2 Å². The fourth-order valence-electron chi connectivity index (χ4n) is 1.67. The minimum absolute atomic E-state index is 0.0393. The molecule has 0 aliphatic carbocycles. The average Bonchev–Trinajstić information content (AvgIpc) is 2.38. The lowest BCUT2D eigenvalue weighted by atomic mass is 10.1. The number of hydrogen-bond acceptors (Lipinski definition) is 4. The minimum atomic E-state index is -0.0393. The molecule has 0 atom stereocenters. The van der Waals surface area contributed by atoms with Gasteiger partial charge >= 0.3 is 0 Å². The van der Waals surface area contributed by atoms with E-state index in [-0.39, 0.29) is 6.61 Å². The van der Waals surface area contributed by atoms with Crippen LogP contribution in [0.5, 0.6) is 0 Å². The van der Waals surface area contributed by atoms with Crippen LogP contribution in [0.4, 0.5) is 5.69 Å². The molecule has 0 saturated heterocycles. The van der Waals surface area contributed by atoms with Crippen LogP contribution in [0.1, 0.15) is 17.5 Å². The molecule has 4 nitrogen and oxygen atoms in total. The molecule has 0 aliphatic rings. The molecule has 0 radical (unpaired) electrons. The van der Waals surface area contributed by atoms with Crippen molar-refractivity contribution in [3.05, 3.63) is 29.3 Å². The van der Waals surface area contributed by atoms with E-state index in [2.05, 4.69) is 6.07 Å². The summed E-state index contributed by atoms with van der Waals surface area (Å²) in [5, 5.41) is 18.1. The number of rotatable bonds is 6. The van der Waals surface area contributed by atoms with E-state index in [1.807, 2.05) is 24.1 Å². The number of ether oxygens (including phenoxy) is 1. The molecule has 1 N–H and O–H groups in total. The first-order valence-electron chi connectivity index (χ1n) is 5.57. The Balaban J connectivity index is 2.79. The molecule has 1 aromatic rings. The van der Waals surface area contributed by atoms with Gasteiger partial charge in [-0.1, -0.05) is 6.07 Å². The van der Waals surface area contributed by atoms with E-state index in [0.717, 1.165) is 24.2 Å². The molecule has 0 aliphatic heterocycles. The summed E-state index contributed by atoms with van der Waals surface area (Å²) < 4.78 is 5.00. The van der Waals surface area contributed by atoms with E-state index < -0.39 is 0 Å². The molecule has 0 saturated carbocycles. The Morgan fingerprint density at radius 3 is 2.82 bits per heavy atom. The fourth-order valence-corrected chi connectivity index (χ4v) is 1.67. The van der Waals surface area contributed by atoms with Crippen LogP contribution in [0, 0.1) is 11.3 Å². The third kappa shape index (κ3) is 3.74. The second-order valence-corrected chi connectivity index (χ2v) is 3.89. The standard InChI is InChI=1S/C13H18N2O2/c1-15(6-3-7-17-2)13-5-4-11(10-16)8-12(13)9-14/h4-5,8,16H,3,6-7,10H2,1-2H3. The van der Waals surface area contributed by atoms with Crippen molar-refractivity contribution in [3.63, 3.8) is 0 Å². The predicted molar refractivity (Wildman–Crippen MR) is 66.8 cm³/mol. The maximum atomic E-state index is 9.08. The second-order valence-electron chi connectivity index (χ2n) is 3.89. The summed E-state index contributed by atoms with van der Waals surface area (Å²) in [5.41, 5.74) is 2.24. The molecule has 1 rings (SSSR count). The van der Waals surface area contributed by atoms with Gasteiger partial charge in [0.1, 0.15) is 6.07 Å². The van der Waals surface area contributed by atoms with Gasteiger partial charge in [0.15, 0.2) is 0 Å². The third-order valence-corrected chi connectivity index (χ3v) is 2.62. The zero-order valence-electron chi connectivity index (χ0n) is 10.3. The van der Waals surface area contributed by atoms with Crippen LogP contribution in [-0.4, -0.2) is 32.4 Å². The average molecular weight is 234 g/mol. The third-order valence-electron chi connectivity index (χ3n) is 2.62. The first kappa shape index (κ1) is 13.5. The molecule has 92 valence electrons. The van der Waals surface area contributed by atoms with Gasteiger partial charge in [-0.25, -0.2) is 0 Å². The first-order valence-corrected chi connectivity index (χ1v) is 5.57. The molecular weight excluding hydrogens is 216 g/mol. The summed E-state index contributed by atoms with van der Waals surface area (Å²) in [4.78, 5) is 2.03. The molecule has 0 heterocycles. The highest BCUT2D eigenvalue weighted by atomic mass is 16.5. The Hall–Kier alpha value is -1.57. The van der Waals surface area contributed by atoms with Crippen molar-refractivity contribution in [2.45, 2.75) is 13.0 Å². The Morgan fingerprint density at radius 2 is 2.24 bits per heavy atom. The summed E-state index contributed by atoms with van der Waals surface area (Å²) in [7, 11) is 3.63. The second kappa shape index (κ2) is 6.89. The Morgan fingerprint density at radius 1 is 1.47 bits per heavy atom. The van der Waals surface area contributed by atoms with Gasteiger partial charge in [0.2, 0.25) is 0 Å². The van der Waals surface area contributed by atoms with Crippen LogP contribution in [0.3, 0.4) is 0 Å². The molecule has 0 aromatic heterocycles. The van der Waals surface area contributed by atoms with E-state index in [0.29, 0.717) is 12.2 Å². The number of hydrogen-bond donors (Lipinski definition) is 1. The summed E-state index contributed by atoms with van der Waals surface area (Å²) >= 11 is 0. The lowest BCUT2D eigenvalue weighted by Gasteiger charge is -2.20. The van der Waals surface area contributed by atoms with E-state index in [1.54, 1.807) is 13.2 Å². The van der Waals surface area contributed by atoms with Crippen LogP contribution >= 0.6 is 0 Å².